The average molecular weight is 1330 g/mol. The van der Waals surface area contributed by atoms with Crippen molar-refractivity contribution in [3.8, 4) is 0 Å². The summed E-state index contributed by atoms with van der Waals surface area (Å²) in [6, 6.07) is -7.85. The number of aliphatic hydroxyl groups excluding tert-OH is 1. The number of nitrogens with one attached hydrogen (secondary N) is 7. The standard InChI is InChI=1S/C57H103IN10O15S/c1-16-19-20-22-33(7)46(60-12)54(79)65-45(31(4)5)56(81)67(13)48(32(6)17-2)40(82-14)27-42(70)68-26-21-23-39(68)49(83-15)35(9)50(75)66-47(36(10)69)55(80)63-37(24-25-43(71)72)52(77)62-34(8)30-61-51(76)38(29-59)64-53(78)41(28-44(73)74)84-57(11,58)18-3/h31-41,45-49,60,69H,16-30,59H2,1-15H3,(H,61,76)(H,62,77)(H,63,80)(H,64,78)(H,65,79)(H,66,75)(H,71,72)(H,73,74)/t32-,33?,34+,35+,36?,37-,38-,39-,40+,41?,45-,46-,47-,48-,49?,57?/m0/s1. The van der Waals surface area contributed by atoms with Gasteiger partial charge in [0.2, 0.25) is 47.3 Å². The third kappa shape index (κ3) is 25.1. The zero-order valence-corrected chi connectivity index (χ0v) is 55.3. The molecule has 5 unspecified atom stereocenters. The lowest BCUT2D eigenvalue weighted by molar-refractivity contribution is -0.148. The van der Waals surface area contributed by atoms with E-state index in [0.717, 1.165) is 37.4 Å². The van der Waals surface area contributed by atoms with Gasteiger partial charge in [0.1, 0.15) is 24.2 Å². The molecule has 0 aromatic carbocycles. The van der Waals surface area contributed by atoms with Crippen LogP contribution in [0, 0.1) is 23.7 Å². The first kappa shape index (κ1) is 77.6. The Morgan fingerprint density at radius 1 is 0.750 bits per heavy atom. The molecule has 0 bridgehead atoms. The second-order valence-corrected chi connectivity index (χ2v) is 27.7. The Morgan fingerprint density at radius 2 is 1.36 bits per heavy atom. The lowest BCUT2D eigenvalue weighted by Crippen LogP contribution is -2.60. The number of carbonyl (C=O) groups is 10. The fraction of sp³-hybridized carbons (Fsp3) is 0.825. The fourth-order valence-electron chi connectivity index (χ4n) is 10.3. The molecule has 1 rings (SSSR count). The third-order valence-electron chi connectivity index (χ3n) is 15.8. The minimum Gasteiger partial charge on any atom is -0.481 e. The van der Waals surface area contributed by atoms with Crippen LogP contribution in [0.4, 0.5) is 0 Å². The molecular weight excluding hydrogens is 1220 g/mol. The maximum absolute atomic E-state index is 14.5. The summed E-state index contributed by atoms with van der Waals surface area (Å²) in [5.74, 6) is -8.84. The molecule has 0 aliphatic carbocycles. The lowest BCUT2D eigenvalue weighted by atomic mass is 9.89. The van der Waals surface area contributed by atoms with Gasteiger partial charge in [-0.2, -0.15) is 0 Å². The monoisotopic (exact) mass is 1330 g/mol. The van der Waals surface area contributed by atoms with Gasteiger partial charge < -0.3 is 77.5 Å². The molecule has 484 valence electrons. The number of rotatable bonds is 41. The highest BCUT2D eigenvalue weighted by Crippen LogP contribution is 2.40. The third-order valence-corrected chi connectivity index (χ3v) is 18.7. The summed E-state index contributed by atoms with van der Waals surface area (Å²) >= 11 is 3.27. The molecule has 16 atom stereocenters. The lowest BCUT2D eigenvalue weighted by Gasteiger charge is -2.41. The molecule has 1 fully saturated rings. The number of alkyl halides is 1. The van der Waals surface area contributed by atoms with E-state index in [9.17, 15) is 63.3 Å². The smallest absolute Gasteiger partial charge is 0.305 e. The number of carbonyl (C=O) groups excluding carboxylic acids is 8. The number of carboxylic acid groups (broad SMARTS) is 2. The number of likely N-dealkylation sites (N-methyl/N-ethyl adjacent to an activating group) is 2. The Hall–Kier alpha value is -4.42. The SMILES string of the molecule is CCCCCC(C)[C@H](NC)C(=O)N[C@H](C(=O)N(C)[C@@H]([C@@H](C)CC)[C@@H](CC(=O)N1CCC[C@H]1C(OC)[C@@H](C)C(=O)N[C@H](C(=O)N[C@@H](CCC(=O)O)C(=O)N[C@H](C)CNC(=O)[C@H](CN)NC(=O)C(CC(=O)O)SC(C)(I)CC)C(C)O)OC)C(C)C. The number of thioether (sulfide) groups is 1. The fourth-order valence-corrected chi connectivity index (χ4v) is 12.4. The number of aliphatic hydroxyl groups is 1. The summed E-state index contributed by atoms with van der Waals surface area (Å²) in [6.07, 6.45) is 1.38. The summed E-state index contributed by atoms with van der Waals surface area (Å²) in [5.41, 5.74) is 5.82. The van der Waals surface area contributed by atoms with E-state index in [2.05, 4.69) is 66.7 Å². The van der Waals surface area contributed by atoms with Crippen LogP contribution < -0.4 is 43.0 Å². The number of amides is 8. The van der Waals surface area contributed by atoms with Crippen molar-refractivity contribution in [3.63, 3.8) is 0 Å². The number of hydrogen-bond acceptors (Lipinski definition) is 16. The zero-order chi connectivity index (χ0) is 64.3. The van der Waals surface area contributed by atoms with Crippen molar-refractivity contribution in [2.45, 2.75) is 228 Å². The van der Waals surface area contributed by atoms with E-state index >= 15 is 0 Å². The molecule has 84 heavy (non-hydrogen) atoms. The first-order chi connectivity index (χ1) is 39.3. The van der Waals surface area contributed by atoms with Gasteiger partial charge in [-0.15, -0.1) is 11.8 Å². The largest absolute Gasteiger partial charge is 0.481 e. The predicted molar refractivity (Wildman–Crippen MR) is 329 cm³/mol. The van der Waals surface area contributed by atoms with E-state index in [4.69, 9.17) is 15.2 Å². The molecule has 1 saturated heterocycles. The van der Waals surface area contributed by atoms with Crippen molar-refractivity contribution < 1.29 is 72.7 Å². The average Bonchev–Trinajstić information content (AvgIpc) is 4.14. The van der Waals surface area contributed by atoms with E-state index in [1.807, 2.05) is 48.5 Å². The van der Waals surface area contributed by atoms with Crippen LogP contribution in [0.1, 0.15) is 153 Å². The second-order valence-electron chi connectivity index (χ2n) is 22.9. The van der Waals surface area contributed by atoms with Gasteiger partial charge >= 0.3 is 11.9 Å². The van der Waals surface area contributed by atoms with E-state index in [-0.39, 0.29) is 55.0 Å². The van der Waals surface area contributed by atoms with Gasteiger partial charge in [0.25, 0.3) is 0 Å². The number of aliphatic carboxylic acids is 2. The molecule has 0 aromatic rings. The first-order valence-electron chi connectivity index (χ1n) is 29.6. The van der Waals surface area contributed by atoms with E-state index in [0.29, 0.717) is 32.2 Å². The molecule has 0 radical (unpaired) electrons. The van der Waals surface area contributed by atoms with Crippen molar-refractivity contribution in [2.75, 3.05) is 47.9 Å². The minimum atomic E-state index is -1.66. The Kier molecular flexibility index (Phi) is 35.7. The molecule has 1 heterocycles. The van der Waals surface area contributed by atoms with Gasteiger partial charge in [-0.1, -0.05) is 104 Å². The van der Waals surface area contributed by atoms with Crippen LogP contribution >= 0.6 is 34.4 Å². The number of hydrogen-bond donors (Lipinski definition) is 11. The molecule has 0 saturated carbocycles. The van der Waals surface area contributed by atoms with E-state index in [1.165, 1.54) is 28.1 Å². The van der Waals surface area contributed by atoms with Crippen LogP contribution in [-0.4, -0.2) is 207 Å². The number of likely N-dealkylation sites (tertiary alicyclic amines) is 1. The second kappa shape index (κ2) is 38.7. The first-order valence-corrected chi connectivity index (χ1v) is 31.5. The molecule has 1 aliphatic heterocycles. The van der Waals surface area contributed by atoms with Crippen molar-refractivity contribution in [1.29, 1.82) is 0 Å². The summed E-state index contributed by atoms with van der Waals surface area (Å²) < 4.78 is 11.5. The van der Waals surface area contributed by atoms with Crippen LogP contribution in [-0.2, 0) is 57.4 Å². The number of unbranched alkanes of at least 4 members (excludes halogenated alkanes) is 2. The van der Waals surface area contributed by atoms with Crippen LogP contribution in [0.5, 0.6) is 0 Å². The van der Waals surface area contributed by atoms with Crippen molar-refractivity contribution in [1.82, 2.24) is 47.0 Å². The van der Waals surface area contributed by atoms with Gasteiger partial charge in [-0.05, 0) is 77.7 Å². The summed E-state index contributed by atoms with van der Waals surface area (Å²) in [4.78, 5) is 137. The maximum atomic E-state index is 14.5. The number of ether oxygens (including phenoxy) is 2. The molecule has 8 amide bonds. The zero-order valence-electron chi connectivity index (χ0n) is 52.3. The molecular formula is C57H103IN10O15S. The number of nitrogens with zero attached hydrogens (tertiary/aromatic N) is 2. The molecule has 0 aromatic heterocycles. The summed E-state index contributed by atoms with van der Waals surface area (Å²) in [5, 5.41) is 47.7. The van der Waals surface area contributed by atoms with Crippen LogP contribution in [0.2, 0.25) is 0 Å². The quantitative estimate of drug-likeness (QED) is 0.0238. The van der Waals surface area contributed by atoms with Crippen molar-refractivity contribution in [2.24, 2.45) is 29.4 Å². The van der Waals surface area contributed by atoms with E-state index in [1.54, 1.807) is 30.8 Å². The number of methoxy groups -OCH3 is 2. The van der Waals surface area contributed by atoms with Gasteiger partial charge in [-0.3, -0.25) is 47.9 Å². The highest BCUT2D eigenvalue weighted by Gasteiger charge is 2.44. The van der Waals surface area contributed by atoms with Crippen molar-refractivity contribution in [3.05, 3.63) is 0 Å². The number of halogens is 1. The summed E-state index contributed by atoms with van der Waals surface area (Å²) in [7, 11) is 6.28. The topological polar surface area (TPSA) is 367 Å². The Labute approximate surface area is 515 Å². The molecule has 27 heteroatoms. The highest BCUT2D eigenvalue weighted by molar-refractivity contribution is 14.1. The molecule has 1 aliphatic rings. The van der Waals surface area contributed by atoms with Gasteiger partial charge in [0, 0.05) is 53.4 Å². The van der Waals surface area contributed by atoms with Gasteiger partial charge in [0.15, 0.2) is 0 Å². The highest BCUT2D eigenvalue weighted by atomic mass is 127. The van der Waals surface area contributed by atoms with Gasteiger partial charge in [-0.25, -0.2) is 0 Å². The summed E-state index contributed by atoms with van der Waals surface area (Å²) in [6.45, 7) is 19.6. The number of nitrogens with two attached hydrogens (primary N) is 1. The van der Waals surface area contributed by atoms with E-state index < -0.39 is 141 Å². The Morgan fingerprint density at radius 3 is 1.87 bits per heavy atom. The maximum Gasteiger partial charge on any atom is 0.305 e. The molecule has 25 nitrogen and oxygen atoms in total. The Balaban J connectivity index is 3.27. The van der Waals surface area contributed by atoms with Crippen LogP contribution in [0.15, 0.2) is 0 Å². The van der Waals surface area contributed by atoms with Gasteiger partial charge in [0.05, 0.1) is 63.2 Å². The van der Waals surface area contributed by atoms with Crippen LogP contribution in [0.25, 0.3) is 0 Å². The van der Waals surface area contributed by atoms with Crippen molar-refractivity contribution >= 4 is 93.5 Å². The predicted octanol–water partition coefficient (Wildman–Crippen LogP) is 2.27. The Bertz CT molecular complexity index is 2150. The van der Waals surface area contributed by atoms with Crippen LogP contribution in [0.3, 0.4) is 0 Å². The molecule has 0 spiro atoms. The minimum absolute atomic E-state index is 0.0314. The number of carboxylic acids is 2. The molecule has 12 N–H and O–H groups in total. The normalized spacial score (nSPS) is 19.2.